The van der Waals surface area contributed by atoms with Crippen LogP contribution in [0.3, 0.4) is 0 Å². The van der Waals surface area contributed by atoms with Crippen molar-refractivity contribution in [3.05, 3.63) is 71.3 Å². The van der Waals surface area contributed by atoms with Crippen LogP contribution < -0.4 is 5.32 Å². The lowest BCUT2D eigenvalue weighted by Crippen LogP contribution is -2.26. The van der Waals surface area contributed by atoms with Gasteiger partial charge >= 0.3 is 6.09 Å². The lowest BCUT2D eigenvalue weighted by Gasteiger charge is -2.17. The molecule has 5 heteroatoms. The Kier molecular flexibility index (Phi) is 4.51. The Hall–Kier alpha value is -2.82. The fourth-order valence-electron chi connectivity index (χ4n) is 2.90. The highest BCUT2D eigenvalue weighted by atomic mass is 16.4. The number of benzene rings is 2. The van der Waals surface area contributed by atoms with Crippen LogP contribution in [0, 0.1) is 0 Å². The van der Waals surface area contributed by atoms with E-state index in [1.165, 1.54) is 0 Å². The molecule has 3 rings (SSSR count). The van der Waals surface area contributed by atoms with Gasteiger partial charge in [-0.1, -0.05) is 42.5 Å². The van der Waals surface area contributed by atoms with Crippen LogP contribution >= 0.6 is 0 Å². The predicted molar refractivity (Wildman–Crippen MR) is 91.0 cm³/mol. The van der Waals surface area contributed by atoms with E-state index in [1.54, 1.807) is 11.9 Å². The van der Waals surface area contributed by atoms with Gasteiger partial charge in [0.25, 0.3) is 5.91 Å². The van der Waals surface area contributed by atoms with Gasteiger partial charge in [-0.15, -0.1) is 0 Å². The van der Waals surface area contributed by atoms with Gasteiger partial charge in [-0.05, 0) is 29.7 Å². The van der Waals surface area contributed by atoms with Crippen molar-refractivity contribution in [3.8, 4) is 0 Å². The molecule has 0 heterocycles. The van der Waals surface area contributed by atoms with E-state index in [9.17, 15) is 9.59 Å². The Morgan fingerprint density at radius 3 is 2.42 bits per heavy atom. The van der Waals surface area contributed by atoms with Crippen molar-refractivity contribution in [2.45, 2.75) is 24.9 Å². The summed E-state index contributed by atoms with van der Waals surface area (Å²) in [6.07, 6.45) is -0.176. The molecule has 124 valence electrons. The highest BCUT2D eigenvalue weighted by Gasteiger charge is 2.39. The van der Waals surface area contributed by atoms with Crippen LogP contribution in [0.2, 0.25) is 0 Å². The van der Waals surface area contributed by atoms with Gasteiger partial charge in [0.1, 0.15) is 0 Å². The molecule has 0 spiro atoms. The van der Waals surface area contributed by atoms with E-state index in [0.29, 0.717) is 12.1 Å². The SMILES string of the molecule is CN(Cc1ccccc1)C(=O)c1ccc(C2CC2NC(=O)O)cc1. The van der Waals surface area contributed by atoms with Crippen LogP contribution in [0.15, 0.2) is 54.6 Å². The smallest absolute Gasteiger partial charge is 0.404 e. The van der Waals surface area contributed by atoms with Crippen molar-refractivity contribution < 1.29 is 14.7 Å². The van der Waals surface area contributed by atoms with Crippen molar-refractivity contribution >= 4 is 12.0 Å². The summed E-state index contributed by atoms with van der Waals surface area (Å²) in [5, 5.41) is 11.2. The number of hydrogen-bond donors (Lipinski definition) is 2. The molecule has 2 aromatic rings. The summed E-state index contributed by atoms with van der Waals surface area (Å²) in [7, 11) is 1.79. The quantitative estimate of drug-likeness (QED) is 0.888. The van der Waals surface area contributed by atoms with Crippen molar-refractivity contribution in [2.75, 3.05) is 7.05 Å². The third-order valence-electron chi connectivity index (χ3n) is 4.29. The average Bonchev–Trinajstić information content (AvgIpc) is 3.33. The molecule has 0 radical (unpaired) electrons. The molecule has 2 N–H and O–H groups in total. The first-order chi connectivity index (χ1) is 11.5. The van der Waals surface area contributed by atoms with E-state index in [2.05, 4.69) is 5.32 Å². The van der Waals surface area contributed by atoms with Crippen LogP contribution in [0.4, 0.5) is 4.79 Å². The van der Waals surface area contributed by atoms with Crippen LogP contribution in [0.25, 0.3) is 0 Å². The minimum atomic E-state index is -0.989. The highest BCUT2D eigenvalue weighted by Crippen LogP contribution is 2.40. The van der Waals surface area contributed by atoms with Gasteiger partial charge in [-0.25, -0.2) is 4.79 Å². The second-order valence-electron chi connectivity index (χ2n) is 6.17. The second kappa shape index (κ2) is 6.74. The van der Waals surface area contributed by atoms with Gasteiger partial charge in [0.15, 0.2) is 0 Å². The third-order valence-corrected chi connectivity index (χ3v) is 4.29. The standard InChI is InChI=1S/C19H20N2O3/c1-21(12-13-5-3-2-4-6-13)18(22)15-9-7-14(8-10-15)16-11-17(16)20-19(23)24/h2-10,16-17,20H,11-12H2,1H3,(H,23,24). The zero-order valence-corrected chi connectivity index (χ0v) is 13.5. The summed E-state index contributed by atoms with van der Waals surface area (Å²) in [6.45, 7) is 0.564. The molecule has 2 unspecified atom stereocenters. The number of carboxylic acid groups (broad SMARTS) is 1. The number of nitrogens with zero attached hydrogens (tertiary/aromatic N) is 1. The summed E-state index contributed by atoms with van der Waals surface area (Å²) in [5.74, 6) is 0.189. The molecule has 24 heavy (non-hydrogen) atoms. The Morgan fingerprint density at radius 1 is 1.12 bits per heavy atom. The minimum absolute atomic E-state index is 0.00944. The van der Waals surface area contributed by atoms with E-state index in [4.69, 9.17) is 5.11 Å². The van der Waals surface area contributed by atoms with E-state index in [-0.39, 0.29) is 17.9 Å². The van der Waals surface area contributed by atoms with Crippen LogP contribution in [-0.4, -0.2) is 35.1 Å². The van der Waals surface area contributed by atoms with Gasteiger partial charge in [-0.2, -0.15) is 0 Å². The number of rotatable bonds is 5. The van der Waals surface area contributed by atoms with Crippen molar-refractivity contribution in [2.24, 2.45) is 0 Å². The maximum absolute atomic E-state index is 12.5. The lowest BCUT2D eigenvalue weighted by molar-refractivity contribution is 0.0785. The van der Waals surface area contributed by atoms with E-state index >= 15 is 0 Å². The van der Waals surface area contributed by atoms with Gasteiger partial charge in [-0.3, -0.25) is 4.79 Å². The molecule has 0 aliphatic heterocycles. The minimum Gasteiger partial charge on any atom is -0.465 e. The molecule has 5 nitrogen and oxygen atoms in total. The first-order valence-corrected chi connectivity index (χ1v) is 7.93. The van der Waals surface area contributed by atoms with Crippen molar-refractivity contribution in [1.29, 1.82) is 0 Å². The van der Waals surface area contributed by atoms with Crippen molar-refractivity contribution in [3.63, 3.8) is 0 Å². The molecule has 2 amide bonds. The fraction of sp³-hybridized carbons (Fsp3) is 0.263. The molecule has 0 aromatic heterocycles. The maximum atomic E-state index is 12.5. The topological polar surface area (TPSA) is 69.6 Å². The molecule has 0 saturated heterocycles. The van der Waals surface area contributed by atoms with Crippen molar-refractivity contribution in [1.82, 2.24) is 10.2 Å². The molecule has 1 aliphatic rings. The first kappa shape index (κ1) is 16.1. The van der Waals surface area contributed by atoms with Crippen LogP contribution in [0.1, 0.15) is 33.8 Å². The molecule has 2 atom stereocenters. The Bertz CT molecular complexity index is 728. The maximum Gasteiger partial charge on any atom is 0.404 e. The third kappa shape index (κ3) is 3.74. The van der Waals surface area contributed by atoms with Gasteiger partial charge in [0.05, 0.1) is 0 Å². The van der Waals surface area contributed by atoms with Gasteiger partial charge in [0, 0.05) is 31.1 Å². The lowest BCUT2D eigenvalue weighted by atomic mass is 10.1. The zero-order chi connectivity index (χ0) is 17.1. The second-order valence-corrected chi connectivity index (χ2v) is 6.17. The van der Waals surface area contributed by atoms with E-state index < -0.39 is 6.09 Å². The fourth-order valence-corrected chi connectivity index (χ4v) is 2.90. The number of nitrogens with one attached hydrogen (secondary N) is 1. The van der Waals surface area contributed by atoms with Gasteiger partial charge < -0.3 is 15.3 Å². The number of carbonyl (C=O) groups is 2. The molecule has 0 bridgehead atoms. The van der Waals surface area contributed by atoms with E-state index in [0.717, 1.165) is 17.5 Å². The number of hydrogen-bond acceptors (Lipinski definition) is 2. The summed E-state index contributed by atoms with van der Waals surface area (Å²) < 4.78 is 0. The number of amides is 2. The highest BCUT2D eigenvalue weighted by molar-refractivity contribution is 5.94. The molecular weight excluding hydrogens is 304 g/mol. The summed E-state index contributed by atoms with van der Waals surface area (Å²) >= 11 is 0. The zero-order valence-electron chi connectivity index (χ0n) is 13.5. The number of carbonyl (C=O) groups excluding carboxylic acids is 1. The van der Waals surface area contributed by atoms with Crippen LogP contribution in [0.5, 0.6) is 0 Å². The molecule has 1 aliphatic carbocycles. The van der Waals surface area contributed by atoms with Crippen LogP contribution in [-0.2, 0) is 6.54 Å². The summed E-state index contributed by atoms with van der Waals surface area (Å²) in [4.78, 5) is 24.8. The Balaban J connectivity index is 1.61. The first-order valence-electron chi connectivity index (χ1n) is 7.93. The Labute approximate surface area is 140 Å². The molecular formula is C19H20N2O3. The summed E-state index contributed by atoms with van der Waals surface area (Å²) in [5.41, 5.74) is 2.79. The summed E-state index contributed by atoms with van der Waals surface area (Å²) in [6, 6.07) is 17.3. The van der Waals surface area contributed by atoms with E-state index in [1.807, 2.05) is 54.6 Å². The normalized spacial score (nSPS) is 18.7. The molecule has 1 saturated carbocycles. The average molecular weight is 324 g/mol. The predicted octanol–water partition coefficient (Wildman–Crippen LogP) is 3.08. The largest absolute Gasteiger partial charge is 0.465 e. The Morgan fingerprint density at radius 2 is 1.79 bits per heavy atom. The molecule has 1 fully saturated rings. The monoisotopic (exact) mass is 324 g/mol. The van der Waals surface area contributed by atoms with Gasteiger partial charge in [0.2, 0.25) is 0 Å². The molecule has 2 aromatic carbocycles.